The van der Waals surface area contributed by atoms with Gasteiger partial charge in [-0.25, -0.2) is 4.90 Å². The van der Waals surface area contributed by atoms with Gasteiger partial charge < -0.3 is 10.2 Å². The Balaban J connectivity index is 1.82. The Morgan fingerprint density at radius 3 is 2.18 bits per heavy atom. The summed E-state index contributed by atoms with van der Waals surface area (Å²) in [6.07, 6.45) is 1.10. The van der Waals surface area contributed by atoms with E-state index in [1.54, 1.807) is 24.3 Å². The predicted molar refractivity (Wildman–Crippen MR) is 131 cm³/mol. The van der Waals surface area contributed by atoms with Gasteiger partial charge in [-0.05, 0) is 67.0 Å². The van der Waals surface area contributed by atoms with Gasteiger partial charge >= 0.3 is 0 Å². The summed E-state index contributed by atoms with van der Waals surface area (Å²) in [4.78, 5) is 42.5. The molecule has 6 nitrogen and oxygen atoms in total. The Hall–Kier alpha value is -3.41. The SMILES string of the molecule is CC(=O)Nc1ccc(C2=C(N3CC(C)CC(C)C3)C(=O)N(c3cccc(C)c3C)C2=O)cc1. The third-order valence-electron chi connectivity index (χ3n) is 6.56. The van der Waals surface area contributed by atoms with Crippen molar-refractivity contribution < 1.29 is 14.4 Å². The third kappa shape index (κ3) is 4.30. The number of imide groups is 1. The van der Waals surface area contributed by atoms with Crippen LogP contribution in [-0.2, 0) is 14.4 Å². The van der Waals surface area contributed by atoms with Gasteiger partial charge in [0.15, 0.2) is 0 Å². The van der Waals surface area contributed by atoms with Gasteiger partial charge in [-0.2, -0.15) is 0 Å². The first-order valence-electron chi connectivity index (χ1n) is 11.5. The number of carbonyl (C=O) groups excluding carboxylic acids is 3. The average Bonchev–Trinajstić information content (AvgIpc) is 3.00. The molecular weight excluding hydrogens is 414 g/mol. The fourth-order valence-electron chi connectivity index (χ4n) is 5.04. The van der Waals surface area contributed by atoms with Crippen molar-refractivity contribution in [2.24, 2.45) is 11.8 Å². The minimum Gasteiger partial charge on any atom is -0.366 e. The first-order valence-corrected chi connectivity index (χ1v) is 11.5. The number of hydrogen-bond acceptors (Lipinski definition) is 4. The van der Waals surface area contributed by atoms with Crippen molar-refractivity contribution in [3.63, 3.8) is 0 Å². The molecule has 172 valence electrons. The molecule has 3 amide bonds. The van der Waals surface area contributed by atoms with Crippen LogP contribution in [0.25, 0.3) is 5.57 Å². The molecule has 0 bridgehead atoms. The van der Waals surface area contributed by atoms with Gasteiger partial charge in [-0.1, -0.05) is 38.1 Å². The van der Waals surface area contributed by atoms with Crippen molar-refractivity contribution >= 4 is 34.7 Å². The fraction of sp³-hybridized carbons (Fsp3) is 0.370. The monoisotopic (exact) mass is 445 g/mol. The van der Waals surface area contributed by atoms with E-state index in [9.17, 15) is 14.4 Å². The summed E-state index contributed by atoms with van der Waals surface area (Å²) in [5.41, 5.74) is 4.81. The van der Waals surface area contributed by atoms with E-state index in [1.165, 1.54) is 11.8 Å². The van der Waals surface area contributed by atoms with Crippen molar-refractivity contribution in [2.75, 3.05) is 23.3 Å². The topological polar surface area (TPSA) is 69.7 Å². The van der Waals surface area contributed by atoms with Gasteiger partial charge in [0.1, 0.15) is 5.70 Å². The van der Waals surface area contributed by atoms with Crippen LogP contribution in [0.2, 0.25) is 0 Å². The first kappa shape index (κ1) is 22.8. The van der Waals surface area contributed by atoms with Crippen LogP contribution in [0.1, 0.15) is 43.9 Å². The molecule has 4 rings (SSSR count). The predicted octanol–water partition coefficient (Wildman–Crippen LogP) is 4.52. The van der Waals surface area contributed by atoms with Gasteiger partial charge in [-0.3, -0.25) is 14.4 Å². The maximum atomic E-state index is 13.8. The molecule has 1 saturated heterocycles. The first-order chi connectivity index (χ1) is 15.7. The molecule has 2 aliphatic rings. The van der Waals surface area contributed by atoms with Crippen molar-refractivity contribution in [3.8, 4) is 0 Å². The van der Waals surface area contributed by atoms with E-state index in [1.807, 2.05) is 32.0 Å². The minimum atomic E-state index is -0.304. The Labute approximate surface area is 195 Å². The second-order valence-corrected chi connectivity index (χ2v) is 9.50. The van der Waals surface area contributed by atoms with E-state index in [4.69, 9.17) is 0 Å². The number of rotatable bonds is 4. The lowest BCUT2D eigenvalue weighted by Crippen LogP contribution is -2.42. The number of amides is 3. The van der Waals surface area contributed by atoms with Crippen molar-refractivity contribution in [2.45, 2.75) is 41.0 Å². The molecule has 0 aromatic heterocycles. The Morgan fingerprint density at radius 2 is 1.58 bits per heavy atom. The quantitative estimate of drug-likeness (QED) is 0.703. The molecule has 2 aromatic carbocycles. The van der Waals surface area contributed by atoms with Crippen molar-refractivity contribution in [1.82, 2.24) is 4.90 Å². The second kappa shape index (κ2) is 8.85. The summed E-state index contributed by atoms with van der Waals surface area (Å²) in [5, 5.41) is 2.75. The number of hydrogen-bond donors (Lipinski definition) is 1. The van der Waals surface area contributed by atoms with E-state index in [-0.39, 0.29) is 17.7 Å². The molecule has 0 spiro atoms. The fourth-order valence-corrected chi connectivity index (χ4v) is 5.04. The summed E-state index contributed by atoms with van der Waals surface area (Å²) in [7, 11) is 0. The molecule has 0 saturated carbocycles. The highest BCUT2D eigenvalue weighted by Gasteiger charge is 2.44. The van der Waals surface area contributed by atoms with Crippen LogP contribution in [0.3, 0.4) is 0 Å². The van der Waals surface area contributed by atoms with Gasteiger partial charge in [0, 0.05) is 25.7 Å². The molecule has 2 unspecified atom stereocenters. The molecule has 1 fully saturated rings. The lowest BCUT2D eigenvalue weighted by Gasteiger charge is -2.37. The molecule has 0 aliphatic carbocycles. The van der Waals surface area contributed by atoms with E-state index in [0.29, 0.717) is 40.0 Å². The van der Waals surface area contributed by atoms with Crippen LogP contribution in [-0.4, -0.2) is 35.7 Å². The van der Waals surface area contributed by atoms with E-state index in [2.05, 4.69) is 24.1 Å². The number of nitrogens with one attached hydrogen (secondary N) is 1. The number of benzene rings is 2. The van der Waals surface area contributed by atoms with Gasteiger partial charge in [0.2, 0.25) is 5.91 Å². The zero-order valence-corrected chi connectivity index (χ0v) is 19.9. The number of carbonyl (C=O) groups is 3. The molecule has 0 radical (unpaired) electrons. The van der Waals surface area contributed by atoms with Crippen molar-refractivity contribution in [3.05, 3.63) is 64.9 Å². The summed E-state index contributed by atoms with van der Waals surface area (Å²) in [6, 6.07) is 12.8. The minimum absolute atomic E-state index is 0.160. The zero-order valence-electron chi connectivity index (χ0n) is 19.9. The van der Waals surface area contributed by atoms with Crippen LogP contribution >= 0.6 is 0 Å². The largest absolute Gasteiger partial charge is 0.366 e. The molecule has 2 atom stereocenters. The molecule has 6 heteroatoms. The van der Waals surface area contributed by atoms with Gasteiger partial charge in [0.05, 0.1) is 11.3 Å². The molecule has 2 heterocycles. The van der Waals surface area contributed by atoms with Gasteiger partial charge in [0.25, 0.3) is 11.8 Å². The van der Waals surface area contributed by atoms with Crippen molar-refractivity contribution in [1.29, 1.82) is 0 Å². The standard InChI is InChI=1S/C27H31N3O3/c1-16-13-17(2)15-29(14-16)25-24(21-9-11-22(12-10-21)28-20(5)31)26(32)30(27(25)33)23-8-6-7-18(3)19(23)4/h6-12,16-17H,13-15H2,1-5H3,(H,28,31). The number of likely N-dealkylation sites (tertiary alicyclic amines) is 1. The lowest BCUT2D eigenvalue weighted by atomic mass is 9.91. The van der Waals surface area contributed by atoms with Crippen LogP contribution in [0, 0.1) is 25.7 Å². The average molecular weight is 446 g/mol. The van der Waals surface area contributed by atoms with Gasteiger partial charge in [-0.15, -0.1) is 0 Å². The number of anilines is 2. The van der Waals surface area contributed by atoms with E-state index >= 15 is 0 Å². The summed E-state index contributed by atoms with van der Waals surface area (Å²) < 4.78 is 0. The number of aryl methyl sites for hydroxylation is 1. The summed E-state index contributed by atoms with van der Waals surface area (Å²) in [5.74, 6) is 0.134. The zero-order chi connectivity index (χ0) is 23.9. The van der Waals surface area contributed by atoms with Crippen LogP contribution in [0.15, 0.2) is 48.2 Å². The number of nitrogens with zero attached hydrogens (tertiary/aromatic N) is 2. The highest BCUT2D eigenvalue weighted by Crippen LogP contribution is 2.38. The van der Waals surface area contributed by atoms with Crippen LogP contribution < -0.4 is 10.2 Å². The normalized spacial score (nSPS) is 21.1. The third-order valence-corrected chi connectivity index (χ3v) is 6.56. The molecular formula is C27H31N3O3. The lowest BCUT2D eigenvalue weighted by molar-refractivity contribution is -0.121. The smallest absolute Gasteiger partial charge is 0.282 e. The summed E-state index contributed by atoms with van der Waals surface area (Å²) >= 11 is 0. The molecule has 2 aliphatic heterocycles. The van der Waals surface area contributed by atoms with E-state index < -0.39 is 0 Å². The maximum absolute atomic E-state index is 13.8. The summed E-state index contributed by atoms with van der Waals surface area (Å²) in [6.45, 7) is 11.2. The highest BCUT2D eigenvalue weighted by atomic mass is 16.2. The Morgan fingerprint density at radius 1 is 0.939 bits per heavy atom. The Kier molecular flexibility index (Phi) is 6.11. The second-order valence-electron chi connectivity index (χ2n) is 9.50. The Bertz CT molecular complexity index is 1140. The maximum Gasteiger partial charge on any atom is 0.282 e. The number of piperidine rings is 1. The van der Waals surface area contributed by atoms with Crippen LogP contribution in [0.4, 0.5) is 11.4 Å². The molecule has 2 aromatic rings. The van der Waals surface area contributed by atoms with E-state index in [0.717, 1.165) is 30.6 Å². The molecule has 33 heavy (non-hydrogen) atoms. The molecule has 1 N–H and O–H groups in total. The highest BCUT2D eigenvalue weighted by molar-refractivity contribution is 6.45. The van der Waals surface area contributed by atoms with Crippen LogP contribution in [0.5, 0.6) is 0 Å².